The highest BCUT2D eigenvalue weighted by molar-refractivity contribution is 5.91. The van der Waals surface area contributed by atoms with E-state index in [2.05, 4.69) is 6.92 Å². The first-order valence-electron chi connectivity index (χ1n) is 6.52. The van der Waals surface area contributed by atoms with Crippen LogP contribution in [-0.2, 0) is 21.6 Å². The molecule has 3 rings (SSSR count). The van der Waals surface area contributed by atoms with Crippen LogP contribution in [0.5, 0.6) is 0 Å². The van der Waals surface area contributed by atoms with Gasteiger partial charge in [-0.25, -0.2) is 0 Å². The van der Waals surface area contributed by atoms with Crippen LogP contribution < -0.4 is 0 Å². The average molecular weight is 256 g/mol. The molecule has 3 nitrogen and oxygen atoms in total. The van der Waals surface area contributed by atoms with Crippen molar-refractivity contribution in [1.82, 2.24) is 0 Å². The lowest BCUT2D eigenvalue weighted by Gasteiger charge is -2.29. The first-order valence-corrected chi connectivity index (χ1v) is 6.52. The molecule has 1 unspecified atom stereocenters. The summed E-state index contributed by atoms with van der Waals surface area (Å²) in [6.45, 7) is 4.00. The molecule has 1 aromatic carbocycles. The summed E-state index contributed by atoms with van der Waals surface area (Å²) in [6.07, 6.45) is 4.11. The zero-order valence-electron chi connectivity index (χ0n) is 11.1. The van der Waals surface area contributed by atoms with Gasteiger partial charge in [0.05, 0.1) is 12.7 Å². The number of ketones is 1. The molecule has 0 N–H and O–H groups in total. The van der Waals surface area contributed by atoms with Gasteiger partial charge in [0.1, 0.15) is 5.58 Å². The summed E-state index contributed by atoms with van der Waals surface area (Å²) in [4.78, 5) is 11.7. The number of rotatable bonds is 2. The lowest BCUT2D eigenvalue weighted by atomic mass is 9.90. The van der Waals surface area contributed by atoms with Crippen LogP contribution in [0.4, 0.5) is 0 Å². The van der Waals surface area contributed by atoms with Gasteiger partial charge in [-0.15, -0.1) is 0 Å². The minimum Gasteiger partial charge on any atom is -0.487 e. The summed E-state index contributed by atoms with van der Waals surface area (Å²) in [5, 5.41) is 1.10. The molecule has 0 saturated carbocycles. The number of allylic oxidation sites excluding steroid dienone is 1. The minimum absolute atomic E-state index is 0.0660. The molecule has 1 aromatic heterocycles. The van der Waals surface area contributed by atoms with Crippen LogP contribution in [0.3, 0.4) is 0 Å². The number of fused-ring (bicyclic) bond motifs is 1. The number of aryl methyl sites for hydroxylation is 1. The Morgan fingerprint density at radius 2 is 2.11 bits per heavy atom. The number of furan rings is 1. The fourth-order valence-corrected chi connectivity index (χ4v) is 2.70. The summed E-state index contributed by atoms with van der Waals surface area (Å²) in [7, 11) is 0. The molecule has 1 atom stereocenters. The van der Waals surface area contributed by atoms with Crippen LogP contribution >= 0.6 is 0 Å². The molecule has 0 bridgehead atoms. The quantitative estimate of drug-likeness (QED) is 0.822. The summed E-state index contributed by atoms with van der Waals surface area (Å²) in [6, 6.07) is 7.94. The third-order valence-electron chi connectivity index (χ3n) is 3.63. The molecule has 1 aliphatic rings. The van der Waals surface area contributed by atoms with Gasteiger partial charge >= 0.3 is 0 Å². The van der Waals surface area contributed by atoms with E-state index in [1.165, 1.54) is 12.3 Å². The normalized spacial score (nSPS) is 22.7. The van der Waals surface area contributed by atoms with Gasteiger partial charge in [-0.1, -0.05) is 25.1 Å². The van der Waals surface area contributed by atoms with Gasteiger partial charge in [0.15, 0.2) is 17.1 Å². The Morgan fingerprint density at radius 1 is 1.32 bits per heavy atom. The molecule has 0 amide bonds. The van der Waals surface area contributed by atoms with Crippen molar-refractivity contribution < 1.29 is 13.9 Å². The van der Waals surface area contributed by atoms with E-state index in [4.69, 9.17) is 9.15 Å². The SMILES string of the molecule is CCc1c(C2(C)CC(=O)C=CO2)oc2ccccc12. The maximum atomic E-state index is 11.7. The van der Waals surface area contributed by atoms with Crippen LogP contribution in [0, 0.1) is 0 Å². The second kappa shape index (κ2) is 4.26. The van der Waals surface area contributed by atoms with Crippen LogP contribution in [0.25, 0.3) is 11.0 Å². The molecule has 3 heteroatoms. The number of hydrogen-bond donors (Lipinski definition) is 0. The molecule has 0 radical (unpaired) electrons. The van der Waals surface area contributed by atoms with Crippen LogP contribution in [0.2, 0.25) is 0 Å². The number of ether oxygens (including phenoxy) is 1. The fourth-order valence-electron chi connectivity index (χ4n) is 2.70. The summed E-state index contributed by atoms with van der Waals surface area (Å²) in [5.41, 5.74) is 1.28. The van der Waals surface area contributed by atoms with Crippen LogP contribution in [0.15, 0.2) is 41.0 Å². The fraction of sp³-hybridized carbons (Fsp3) is 0.312. The molecular weight excluding hydrogens is 240 g/mol. The van der Waals surface area contributed by atoms with Crippen molar-refractivity contribution in [1.29, 1.82) is 0 Å². The Bertz CT molecular complexity index is 666. The van der Waals surface area contributed by atoms with Crippen molar-refractivity contribution >= 4 is 16.8 Å². The molecule has 98 valence electrons. The van der Waals surface area contributed by atoms with Crippen molar-refractivity contribution in [2.24, 2.45) is 0 Å². The molecular formula is C16H16O3. The standard InChI is InChI=1S/C16H16O3/c1-3-12-13-6-4-5-7-14(13)19-15(12)16(2)10-11(17)8-9-18-16/h4-9H,3,10H2,1-2H3. The highest BCUT2D eigenvalue weighted by Gasteiger charge is 2.38. The molecule has 1 aliphatic heterocycles. The largest absolute Gasteiger partial charge is 0.487 e. The second-order valence-corrected chi connectivity index (χ2v) is 5.05. The van der Waals surface area contributed by atoms with E-state index < -0.39 is 5.60 Å². The van der Waals surface area contributed by atoms with Gasteiger partial charge in [-0.2, -0.15) is 0 Å². The van der Waals surface area contributed by atoms with E-state index in [9.17, 15) is 4.79 Å². The zero-order valence-corrected chi connectivity index (χ0v) is 11.1. The van der Waals surface area contributed by atoms with E-state index in [1.807, 2.05) is 31.2 Å². The van der Waals surface area contributed by atoms with Crippen molar-refractivity contribution in [2.75, 3.05) is 0 Å². The predicted octanol–water partition coefficient (Wildman–Crippen LogP) is 3.71. The topological polar surface area (TPSA) is 39.4 Å². The Kier molecular flexibility index (Phi) is 2.70. The average Bonchev–Trinajstić information content (AvgIpc) is 2.77. The number of carbonyl (C=O) groups is 1. The predicted molar refractivity (Wildman–Crippen MR) is 72.8 cm³/mol. The maximum Gasteiger partial charge on any atom is 0.170 e. The Hall–Kier alpha value is -2.03. The molecule has 2 heterocycles. The van der Waals surface area contributed by atoms with E-state index in [-0.39, 0.29) is 5.78 Å². The van der Waals surface area contributed by atoms with Crippen molar-refractivity contribution in [3.63, 3.8) is 0 Å². The number of carbonyl (C=O) groups excluding carboxylic acids is 1. The smallest absolute Gasteiger partial charge is 0.170 e. The van der Waals surface area contributed by atoms with Gasteiger partial charge in [0, 0.05) is 17.0 Å². The number of hydrogen-bond acceptors (Lipinski definition) is 3. The Morgan fingerprint density at radius 3 is 2.84 bits per heavy atom. The second-order valence-electron chi connectivity index (χ2n) is 5.05. The van der Waals surface area contributed by atoms with Crippen LogP contribution in [0.1, 0.15) is 31.6 Å². The minimum atomic E-state index is -0.698. The van der Waals surface area contributed by atoms with Gasteiger partial charge in [0.25, 0.3) is 0 Å². The Labute approximate surface area is 111 Å². The van der Waals surface area contributed by atoms with E-state index >= 15 is 0 Å². The Balaban J connectivity index is 2.19. The third kappa shape index (κ3) is 1.86. The van der Waals surface area contributed by atoms with Gasteiger partial charge in [-0.3, -0.25) is 4.79 Å². The zero-order chi connectivity index (χ0) is 13.5. The van der Waals surface area contributed by atoms with E-state index in [1.54, 1.807) is 0 Å². The maximum absolute atomic E-state index is 11.7. The first kappa shape index (κ1) is 12.0. The van der Waals surface area contributed by atoms with E-state index in [0.717, 1.165) is 28.7 Å². The molecule has 19 heavy (non-hydrogen) atoms. The van der Waals surface area contributed by atoms with Gasteiger partial charge < -0.3 is 9.15 Å². The molecule has 0 aliphatic carbocycles. The highest BCUT2D eigenvalue weighted by Crippen LogP contribution is 2.39. The molecule has 0 saturated heterocycles. The van der Waals surface area contributed by atoms with Crippen molar-refractivity contribution in [3.05, 3.63) is 47.9 Å². The summed E-state index contributed by atoms with van der Waals surface area (Å²) in [5.74, 6) is 0.838. The third-order valence-corrected chi connectivity index (χ3v) is 3.63. The first-order chi connectivity index (χ1) is 9.14. The molecule has 0 spiro atoms. The monoisotopic (exact) mass is 256 g/mol. The number of benzene rings is 1. The van der Waals surface area contributed by atoms with Crippen molar-refractivity contribution in [3.8, 4) is 0 Å². The number of para-hydroxylation sites is 1. The van der Waals surface area contributed by atoms with Gasteiger partial charge in [-0.05, 0) is 19.4 Å². The summed E-state index contributed by atoms with van der Waals surface area (Å²) < 4.78 is 11.7. The van der Waals surface area contributed by atoms with Crippen LogP contribution in [-0.4, -0.2) is 5.78 Å². The lowest BCUT2D eigenvalue weighted by Crippen LogP contribution is -2.30. The van der Waals surface area contributed by atoms with Gasteiger partial charge in [0.2, 0.25) is 0 Å². The molecule has 0 fully saturated rings. The lowest BCUT2D eigenvalue weighted by molar-refractivity contribution is -0.122. The highest BCUT2D eigenvalue weighted by atomic mass is 16.5. The van der Waals surface area contributed by atoms with Crippen molar-refractivity contribution in [2.45, 2.75) is 32.3 Å². The summed E-state index contributed by atoms with van der Waals surface area (Å²) >= 11 is 0. The van der Waals surface area contributed by atoms with E-state index in [0.29, 0.717) is 6.42 Å². The molecule has 2 aromatic rings.